The summed E-state index contributed by atoms with van der Waals surface area (Å²) in [5.41, 5.74) is 2.11. The van der Waals surface area contributed by atoms with Crippen molar-refractivity contribution >= 4 is 21.6 Å². The van der Waals surface area contributed by atoms with Gasteiger partial charge in [0.15, 0.2) is 0 Å². The number of amides is 1. The molecule has 0 spiro atoms. The van der Waals surface area contributed by atoms with Gasteiger partial charge in [0.05, 0.1) is 11.5 Å². The first-order valence-corrected chi connectivity index (χ1v) is 10.9. The van der Waals surface area contributed by atoms with Crippen molar-refractivity contribution in [3.8, 4) is 5.75 Å². The molecule has 156 valence electrons. The fourth-order valence-corrected chi connectivity index (χ4v) is 4.14. The highest BCUT2D eigenvalue weighted by molar-refractivity contribution is 7.92. The van der Waals surface area contributed by atoms with Gasteiger partial charge in [0.2, 0.25) is 0 Å². The lowest BCUT2D eigenvalue weighted by Crippen LogP contribution is -2.23. The highest BCUT2D eigenvalue weighted by Crippen LogP contribution is 2.22. The fraction of sp³-hybridized carbons (Fsp3) is 0.182. The molecular weight excluding hydrogens is 402 g/mol. The van der Waals surface area contributed by atoms with E-state index in [1.165, 1.54) is 6.07 Å². The number of benzene rings is 2. The van der Waals surface area contributed by atoms with Crippen LogP contribution in [0.5, 0.6) is 5.75 Å². The molecule has 1 heterocycles. The van der Waals surface area contributed by atoms with E-state index in [0.717, 1.165) is 5.56 Å². The molecule has 2 aromatic carbocycles. The first-order chi connectivity index (χ1) is 14.4. The van der Waals surface area contributed by atoms with Crippen LogP contribution in [0, 0.1) is 6.92 Å². The van der Waals surface area contributed by atoms with Crippen LogP contribution in [0.3, 0.4) is 0 Å². The van der Waals surface area contributed by atoms with Crippen molar-refractivity contribution in [2.75, 3.05) is 11.3 Å². The summed E-state index contributed by atoms with van der Waals surface area (Å²) in [4.78, 5) is 16.5. The number of nitrogens with one attached hydrogen (secondary N) is 2. The van der Waals surface area contributed by atoms with E-state index in [-0.39, 0.29) is 16.4 Å². The van der Waals surface area contributed by atoms with Crippen molar-refractivity contribution in [1.29, 1.82) is 0 Å². The molecule has 0 aliphatic rings. The van der Waals surface area contributed by atoms with Crippen molar-refractivity contribution in [2.24, 2.45) is 0 Å². The standard InChI is InChI=1S/C22H23N3O4S/c1-3-29-20-8-6-19(7-9-20)25-30(27,28)21-14-18(5-4-16(21)2)22(26)24-15-17-10-12-23-13-11-17/h4-14,25H,3,15H2,1-2H3,(H,24,26). The van der Waals surface area contributed by atoms with E-state index >= 15 is 0 Å². The van der Waals surface area contributed by atoms with E-state index in [1.54, 1.807) is 67.8 Å². The zero-order chi connectivity index (χ0) is 21.6. The molecule has 7 nitrogen and oxygen atoms in total. The maximum absolute atomic E-state index is 12.9. The Morgan fingerprint density at radius 1 is 1.03 bits per heavy atom. The number of ether oxygens (including phenoxy) is 1. The second kappa shape index (κ2) is 9.41. The topological polar surface area (TPSA) is 97.4 Å². The van der Waals surface area contributed by atoms with Gasteiger partial charge in [-0.2, -0.15) is 0 Å². The van der Waals surface area contributed by atoms with Gasteiger partial charge in [0.1, 0.15) is 5.75 Å². The van der Waals surface area contributed by atoms with E-state index in [2.05, 4.69) is 15.0 Å². The molecule has 0 saturated carbocycles. The Morgan fingerprint density at radius 3 is 2.40 bits per heavy atom. The van der Waals surface area contributed by atoms with Gasteiger partial charge in [-0.25, -0.2) is 8.42 Å². The quantitative estimate of drug-likeness (QED) is 0.576. The summed E-state index contributed by atoms with van der Waals surface area (Å²) < 4.78 is 33.7. The molecule has 0 aliphatic heterocycles. The van der Waals surface area contributed by atoms with Crippen molar-refractivity contribution in [3.63, 3.8) is 0 Å². The van der Waals surface area contributed by atoms with Crippen LogP contribution in [0.2, 0.25) is 0 Å². The van der Waals surface area contributed by atoms with Crippen LogP contribution in [-0.4, -0.2) is 25.9 Å². The maximum Gasteiger partial charge on any atom is 0.262 e. The Hall–Kier alpha value is -3.39. The van der Waals surface area contributed by atoms with Crippen LogP contribution in [0.25, 0.3) is 0 Å². The number of rotatable bonds is 8. The largest absolute Gasteiger partial charge is 0.494 e. The Balaban J connectivity index is 1.76. The lowest BCUT2D eigenvalue weighted by molar-refractivity contribution is 0.0950. The number of hydrogen-bond donors (Lipinski definition) is 2. The normalized spacial score (nSPS) is 11.0. The summed E-state index contributed by atoms with van der Waals surface area (Å²) >= 11 is 0. The summed E-state index contributed by atoms with van der Waals surface area (Å²) in [5, 5.41) is 2.79. The lowest BCUT2D eigenvalue weighted by atomic mass is 10.1. The first kappa shape index (κ1) is 21.3. The second-order valence-corrected chi connectivity index (χ2v) is 8.23. The fourth-order valence-electron chi connectivity index (χ4n) is 2.81. The highest BCUT2D eigenvalue weighted by atomic mass is 32.2. The van der Waals surface area contributed by atoms with Crippen LogP contribution in [0.4, 0.5) is 5.69 Å². The molecule has 0 bridgehead atoms. The van der Waals surface area contributed by atoms with E-state index < -0.39 is 10.0 Å². The maximum atomic E-state index is 12.9. The third-order valence-electron chi connectivity index (χ3n) is 4.36. The molecule has 0 aliphatic carbocycles. The number of sulfonamides is 1. The summed E-state index contributed by atoms with van der Waals surface area (Å²) in [6, 6.07) is 14.8. The van der Waals surface area contributed by atoms with Gasteiger partial charge in [0.25, 0.3) is 15.9 Å². The molecule has 3 rings (SSSR count). The van der Waals surface area contributed by atoms with Gasteiger partial charge in [-0.05, 0) is 73.5 Å². The number of anilines is 1. The number of aromatic nitrogens is 1. The number of carbonyl (C=O) groups excluding carboxylic acids is 1. The smallest absolute Gasteiger partial charge is 0.262 e. The van der Waals surface area contributed by atoms with Crippen molar-refractivity contribution in [3.05, 3.63) is 83.7 Å². The van der Waals surface area contributed by atoms with Gasteiger partial charge in [-0.1, -0.05) is 6.07 Å². The van der Waals surface area contributed by atoms with Crippen molar-refractivity contribution < 1.29 is 17.9 Å². The van der Waals surface area contributed by atoms with E-state index in [4.69, 9.17) is 4.74 Å². The number of nitrogens with zero attached hydrogens (tertiary/aromatic N) is 1. The number of hydrogen-bond acceptors (Lipinski definition) is 5. The Morgan fingerprint density at radius 2 is 1.73 bits per heavy atom. The Bertz CT molecular complexity index is 1110. The average molecular weight is 426 g/mol. The third-order valence-corrected chi connectivity index (χ3v) is 5.88. The van der Waals surface area contributed by atoms with Gasteiger partial charge in [-0.15, -0.1) is 0 Å². The minimum Gasteiger partial charge on any atom is -0.494 e. The summed E-state index contributed by atoms with van der Waals surface area (Å²) in [5.74, 6) is 0.300. The highest BCUT2D eigenvalue weighted by Gasteiger charge is 2.19. The molecule has 3 aromatic rings. The molecule has 0 unspecified atom stereocenters. The zero-order valence-corrected chi connectivity index (χ0v) is 17.6. The third kappa shape index (κ3) is 5.36. The predicted octanol–water partition coefficient (Wildman–Crippen LogP) is 3.52. The van der Waals surface area contributed by atoms with Crippen LogP contribution in [0.1, 0.15) is 28.4 Å². The predicted molar refractivity (Wildman–Crippen MR) is 115 cm³/mol. The average Bonchev–Trinajstić information content (AvgIpc) is 2.74. The number of carbonyl (C=O) groups is 1. The summed E-state index contributed by atoms with van der Waals surface area (Å²) in [6.45, 7) is 4.41. The Labute approximate surface area is 176 Å². The van der Waals surface area contributed by atoms with E-state index in [0.29, 0.717) is 30.2 Å². The van der Waals surface area contributed by atoms with Crippen molar-refractivity contribution in [1.82, 2.24) is 10.3 Å². The van der Waals surface area contributed by atoms with Crippen LogP contribution in [0.15, 0.2) is 71.9 Å². The lowest BCUT2D eigenvalue weighted by Gasteiger charge is -2.13. The van der Waals surface area contributed by atoms with Crippen LogP contribution in [-0.2, 0) is 16.6 Å². The van der Waals surface area contributed by atoms with Crippen LogP contribution < -0.4 is 14.8 Å². The molecule has 0 fully saturated rings. The molecule has 0 radical (unpaired) electrons. The first-order valence-electron chi connectivity index (χ1n) is 9.42. The molecule has 2 N–H and O–H groups in total. The van der Waals surface area contributed by atoms with Gasteiger partial charge in [0, 0.05) is 30.2 Å². The van der Waals surface area contributed by atoms with Gasteiger partial charge >= 0.3 is 0 Å². The van der Waals surface area contributed by atoms with Crippen molar-refractivity contribution in [2.45, 2.75) is 25.3 Å². The Kier molecular flexibility index (Phi) is 6.68. The van der Waals surface area contributed by atoms with E-state index in [1.807, 2.05) is 6.92 Å². The molecule has 1 aromatic heterocycles. The molecule has 1 amide bonds. The molecular formula is C22H23N3O4S. The minimum absolute atomic E-state index is 0.0490. The number of aryl methyl sites for hydroxylation is 1. The van der Waals surface area contributed by atoms with Gasteiger partial charge < -0.3 is 10.1 Å². The SMILES string of the molecule is CCOc1ccc(NS(=O)(=O)c2cc(C(=O)NCc3ccncc3)ccc2C)cc1. The molecule has 0 atom stereocenters. The minimum atomic E-state index is -3.87. The van der Waals surface area contributed by atoms with E-state index in [9.17, 15) is 13.2 Å². The second-order valence-electron chi connectivity index (χ2n) is 6.58. The molecule has 30 heavy (non-hydrogen) atoms. The summed E-state index contributed by atoms with van der Waals surface area (Å²) in [7, 11) is -3.87. The number of pyridine rings is 1. The summed E-state index contributed by atoms with van der Waals surface area (Å²) in [6.07, 6.45) is 3.29. The molecule has 0 saturated heterocycles. The van der Waals surface area contributed by atoms with Gasteiger partial charge in [-0.3, -0.25) is 14.5 Å². The molecule has 8 heteroatoms. The van der Waals surface area contributed by atoms with Crippen LogP contribution >= 0.6 is 0 Å². The zero-order valence-electron chi connectivity index (χ0n) is 16.8. The monoisotopic (exact) mass is 425 g/mol.